The number of rotatable bonds is 5. The van der Waals surface area contributed by atoms with Crippen LogP contribution in [0.5, 0.6) is 0 Å². The highest BCUT2D eigenvalue weighted by atomic mass is 32.2. The number of amides is 1. The first kappa shape index (κ1) is 18.4. The van der Waals surface area contributed by atoms with E-state index in [0.29, 0.717) is 5.69 Å². The molecule has 1 aliphatic carbocycles. The Morgan fingerprint density at radius 3 is 2.25 bits per heavy atom. The molecule has 1 atom stereocenters. The second-order valence-corrected chi connectivity index (χ2v) is 8.00. The van der Waals surface area contributed by atoms with Crippen molar-refractivity contribution < 1.29 is 13.2 Å². The normalized spacial score (nSPS) is 16.8. The summed E-state index contributed by atoms with van der Waals surface area (Å²) in [6.45, 7) is 1.57. The Hall–Kier alpha value is -1.89. The molecule has 24 heavy (non-hydrogen) atoms. The lowest BCUT2D eigenvalue weighted by molar-refractivity contribution is -0.121. The molecule has 0 radical (unpaired) electrons. The molecule has 132 valence electrons. The molecular formula is C17H25N3O3S. The number of anilines is 1. The van der Waals surface area contributed by atoms with Crippen molar-refractivity contribution in [1.82, 2.24) is 5.43 Å². The first-order chi connectivity index (χ1) is 11.4. The number of nitrogens with one attached hydrogen (secondary N) is 1. The number of hydrogen-bond acceptors (Lipinski definition) is 4. The molecule has 0 spiro atoms. The predicted octanol–water partition coefficient (Wildman–Crippen LogP) is 2.67. The van der Waals surface area contributed by atoms with E-state index in [0.717, 1.165) is 42.0 Å². The number of hydrazone groups is 1. The number of carbonyl (C=O) groups is 1. The quantitative estimate of drug-likeness (QED) is 0.654. The van der Waals surface area contributed by atoms with Gasteiger partial charge in [-0.15, -0.1) is 0 Å². The van der Waals surface area contributed by atoms with Gasteiger partial charge in [-0.3, -0.25) is 9.10 Å². The Morgan fingerprint density at radius 1 is 1.12 bits per heavy atom. The number of hydrogen-bond donors (Lipinski definition) is 1. The second kappa shape index (κ2) is 8.28. The summed E-state index contributed by atoms with van der Waals surface area (Å²) >= 11 is 0. The molecule has 1 aromatic carbocycles. The lowest BCUT2D eigenvalue weighted by atomic mass is 10.2. The third-order valence-electron chi connectivity index (χ3n) is 4.10. The molecule has 1 aromatic rings. The molecule has 0 heterocycles. The van der Waals surface area contributed by atoms with Gasteiger partial charge in [0.15, 0.2) is 0 Å². The van der Waals surface area contributed by atoms with Gasteiger partial charge in [0, 0.05) is 5.71 Å². The summed E-state index contributed by atoms with van der Waals surface area (Å²) in [5.41, 5.74) is 3.99. The summed E-state index contributed by atoms with van der Waals surface area (Å²) in [6, 6.07) is 7.74. The van der Waals surface area contributed by atoms with Crippen molar-refractivity contribution in [2.45, 2.75) is 51.5 Å². The van der Waals surface area contributed by atoms with Gasteiger partial charge in [-0.1, -0.05) is 31.0 Å². The van der Waals surface area contributed by atoms with Crippen LogP contribution < -0.4 is 9.73 Å². The Bertz CT molecular complexity index is 676. The van der Waals surface area contributed by atoms with E-state index in [1.165, 1.54) is 12.8 Å². The van der Waals surface area contributed by atoms with Crippen molar-refractivity contribution >= 4 is 27.3 Å². The van der Waals surface area contributed by atoms with E-state index in [2.05, 4.69) is 10.5 Å². The van der Waals surface area contributed by atoms with E-state index in [-0.39, 0.29) is 0 Å². The second-order valence-electron chi connectivity index (χ2n) is 6.14. The van der Waals surface area contributed by atoms with Crippen molar-refractivity contribution in [2.24, 2.45) is 5.10 Å². The molecule has 2 rings (SSSR count). The van der Waals surface area contributed by atoms with Gasteiger partial charge in [0.05, 0.1) is 11.9 Å². The van der Waals surface area contributed by atoms with Crippen molar-refractivity contribution in [1.29, 1.82) is 0 Å². The zero-order valence-electron chi connectivity index (χ0n) is 14.2. The predicted molar refractivity (Wildman–Crippen MR) is 96.5 cm³/mol. The van der Waals surface area contributed by atoms with Crippen LogP contribution in [0.2, 0.25) is 0 Å². The zero-order valence-corrected chi connectivity index (χ0v) is 15.1. The van der Waals surface area contributed by atoms with Crippen molar-refractivity contribution in [3.8, 4) is 0 Å². The highest BCUT2D eigenvalue weighted by molar-refractivity contribution is 7.92. The van der Waals surface area contributed by atoms with Crippen LogP contribution in [-0.4, -0.2) is 32.3 Å². The summed E-state index contributed by atoms with van der Waals surface area (Å²) in [5.74, 6) is -0.430. The number of nitrogens with zero attached hydrogens (tertiary/aromatic N) is 2. The lowest BCUT2D eigenvalue weighted by Crippen LogP contribution is -2.46. The monoisotopic (exact) mass is 351 g/mol. The molecule has 7 heteroatoms. The van der Waals surface area contributed by atoms with E-state index >= 15 is 0 Å². The van der Waals surface area contributed by atoms with Gasteiger partial charge in [-0.05, 0) is 44.7 Å². The highest BCUT2D eigenvalue weighted by Gasteiger charge is 2.28. The maximum atomic E-state index is 12.4. The van der Waals surface area contributed by atoms with Gasteiger partial charge < -0.3 is 0 Å². The molecule has 0 bridgehead atoms. The molecule has 0 aromatic heterocycles. The Kier molecular flexibility index (Phi) is 6.36. The van der Waals surface area contributed by atoms with Crippen molar-refractivity contribution in [3.63, 3.8) is 0 Å². The van der Waals surface area contributed by atoms with E-state index in [1.807, 2.05) is 0 Å². The molecule has 1 N–H and O–H groups in total. The lowest BCUT2D eigenvalue weighted by Gasteiger charge is -2.27. The number of benzene rings is 1. The fraction of sp³-hybridized carbons (Fsp3) is 0.529. The minimum absolute atomic E-state index is 0.430. The average Bonchev–Trinajstić information content (AvgIpc) is 2.81. The zero-order chi connectivity index (χ0) is 17.6. The molecule has 1 fully saturated rings. The van der Waals surface area contributed by atoms with Gasteiger partial charge in [-0.2, -0.15) is 5.10 Å². The van der Waals surface area contributed by atoms with Crippen LogP contribution >= 0.6 is 0 Å². The topological polar surface area (TPSA) is 78.8 Å². The third kappa shape index (κ3) is 5.06. The van der Waals surface area contributed by atoms with E-state index in [1.54, 1.807) is 37.3 Å². The van der Waals surface area contributed by atoms with Crippen LogP contribution in [0.15, 0.2) is 35.4 Å². The van der Waals surface area contributed by atoms with Gasteiger partial charge in [0.25, 0.3) is 5.91 Å². The number of para-hydroxylation sites is 1. The van der Waals surface area contributed by atoms with Crippen LogP contribution in [0.3, 0.4) is 0 Å². The third-order valence-corrected chi connectivity index (χ3v) is 5.35. The Morgan fingerprint density at radius 2 is 1.71 bits per heavy atom. The molecule has 1 aliphatic rings. The minimum atomic E-state index is -3.59. The van der Waals surface area contributed by atoms with E-state index in [9.17, 15) is 13.2 Å². The first-order valence-electron chi connectivity index (χ1n) is 8.29. The van der Waals surface area contributed by atoms with Crippen molar-refractivity contribution in [3.05, 3.63) is 30.3 Å². The van der Waals surface area contributed by atoms with Crippen LogP contribution in [-0.2, 0) is 14.8 Å². The van der Waals surface area contributed by atoms with Gasteiger partial charge in [0.2, 0.25) is 10.0 Å². The summed E-state index contributed by atoms with van der Waals surface area (Å²) in [7, 11) is -3.59. The van der Waals surface area contributed by atoms with Crippen LogP contribution in [0.4, 0.5) is 5.69 Å². The van der Waals surface area contributed by atoms with Crippen LogP contribution in [0.1, 0.15) is 45.4 Å². The molecule has 0 unspecified atom stereocenters. The smallest absolute Gasteiger partial charge is 0.263 e. The largest absolute Gasteiger partial charge is 0.271 e. The molecule has 1 amide bonds. The maximum Gasteiger partial charge on any atom is 0.263 e. The Labute approximate surface area is 144 Å². The van der Waals surface area contributed by atoms with E-state index < -0.39 is 22.0 Å². The molecule has 0 saturated heterocycles. The van der Waals surface area contributed by atoms with Crippen LogP contribution in [0, 0.1) is 0 Å². The Balaban J connectivity index is 2.13. The number of sulfonamides is 1. The van der Waals surface area contributed by atoms with E-state index in [4.69, 9.17) is 0 Å². The standard InChI is InChI=1S/C17H25N3O3S/c1-14(17(21)19-18-15-10-6-3-4-7-11-15)20(24(2,22)23)16-12-8-5-9-13-16/h5,8-9,12-14H,3-4,6-7,10-11H2,1-2H3,(H,19,21)/t14-/m0/s1. The van der Waals surface area contributed by atoms with Crippen LogP contribution in [0.25, 0.3) is 0 Å². The summed E-state index contributed by atoms with van der Waals surface area (Å²) in [6.07, 6.45) is 7.44. The number of carbonyl (C=O) groups excluding carboxylic acids is 1. The fourth-order valence-corrected chi connectivity index (χ4v) is 4.03. The highest BCUT2D eigenvalue weighted by Crippen LogP contribution is 2.20. The molecule has 0 aliphatic heterocycles. The SMILES string of the molecule is C[C@@H](C(=O)NN=C1CCCCCC1)N(c1ccccc1)S(C)(=O)=O. The van der Waals surface area contributed by atoms with Gasteiger partial charge in [-0.25, -0.2) is 13.8 Å². The molecule has 1 saturated carbocycles. The van der Waals surface area contributed by atoms with Gasteiger partial charge in [0.1, 0.15) is 6.04 Å². The molecular weight excluding hydrogens is 326 g/mol. The molecule has 6 nitrogen and oxygen atoms in total. The first-order valence-corrected chi connectivity index (χ1v) is 10.1. The average molecular weight is 351 g/mol. The summed E-state index contributed by atoms with van der Waals surface area (Å²) in [4.78, 5) is 12.4. The summed E-state index contributed by atoms with van der Waals surface area (Å²) < 4.78 is 25.4. The summed E-state index contributed by atoms with van der Waals surface area (Å²) in [5, 5.41) is 4.22. The maximum absolute atomic E-state index is 12.4. The minimum Gasteiger partial charge on any atom is -0.271 e. The fourth-order valence-electron chi connectivity index (χ4n) is 2.86. The van der Waals surface area contributed by atoms with Gasteiger partial charge >= 0.3 is 0 Å². The van der Waals surface area contributed by atoms with Crippen molar-refractivity contribution in [2.75, 3.05) is 10.6 Å².